The molecule has 4 heteroatoms. The zero-order chi connectivity index (χ0) is 24.8. The Morgan fingerprint density at radius 2 is 1.50 bits per heavy atom. The molecule has 2 nitrogen and oxygen atoms in total. The SMILES string of the molecule is CC#N.CCC(CCc1ccc(C2(Cl)CC2)c(C2(Cl)CC2)c1)N(CCc1ccccc1)C(C)C. The first-order valence-corrected chi connectivity index (χ1v) is 13.6. The molecule has 2 saturated carbocycles. The summed E-state index contributed by atoms with van der Waals surface area (Å²) in [4.78, 5) is 2.40. The first-order chi connectivity index (χ1) is 16.3. The lowest BCUT2D eigenvalue weighted by Gasteiger charge is -2.35. The Balaban J connectivity index is 0.00000103. The highest BCUT2D eigenvalue weighted by atomic mass is 35.5. The van der Waals surface area contributed by atoms with Gasteiger partial charge in [-0.15, -0.1) is 23.2 Å². The third-order valence-corrected chi connectivity index (χ3v) is 8.46. The molecule has 0 saturated heterocycles. The van der Waals surface area contributed by atoms with Crippen molar-refractivity contribution >= 4 is 23.2 Å². The van der Waals surface area contributed by atoms with E-state index < -0.39 is 0 Å². The summed E-state index contributed by atoms with van der Waals surface area (Å²) in [6.45, 7) is 9.55. The normalized spacial score (nSPS) is 18.1. The zero-order valence-corrected chi connectivity index (χ0v) is 22.8. The summed E-state index contributed by atoms with van der Waals surface area (Å²) in [6.07, 6.45) is 8.90. The minimum absolute atomic E-state index is 0.143. The van der Waals surface area contributed by atoms with Crippen molar-refractivity contribution in [3.8, 4) is 6.07 Å². The summed E-state index contributed by atoms with van der Waals surface area (Å²) < 4.78 is 0. The van der Waals surface area contributed by atoms with Crippen LogP contribution in [-0.4, -0.2) is 23.5 Å². The molecule has 0 radical (unpaired) electrons. The molecule has 1 unspecified atom stereocenters. The van der Waals surface area contributed by atoms with Crippen LogP contribution in [0.3, 0.4) is 0 Å². The Morgan fingerprint density at radius 3 is 2.03 bits per heavy atom. The first-order valence-electron chi connectivity index (χ1n) is 12.9. The monoisotopic (exact) mass is 498 g/mol. The minimum Gasteiger partial charge on any atom is -0.298 e. The lowest BCUT2D eigenvalue weighted by atomic mass is 9.93. The van der Waals surface area contributed by atoms with Gasteiger partial charge in [0.25, 0.3) is 0 Å². The molecule has 34 heavy (non-hydrogen) atoms. The van der Waals surface area contributed by atoms with Crippen molar-refractivity contribution in [1.29, 1.82) is 5.26 Å². The van der Waals surface area contributed by atoms with Gasteiger partial charge in [0.05, 0.1) is 15.8 Å². The molecule has 2 aliphatic carbocycles. The summed E-state index contributed by atoms with van der Waals surface area (Å²) >= 11 is 13.7. The van der Waals surface area contributed by atoms with E-state index in [1.807, 2.05) is 0 Å². The molecule has 2 aromatic carbocycles. The van der Waals surface area contributed by atoms with Crippen LogP contribution in [0.5, 0.6) is 0 Å². The van der Waals surface area contributed by atoms with Crippen molar-refractivity contribution in [1.82, 2.24) is 4.90 Å². The molecule has 4 rings (SSSR count). The Hall–Kier alpha value is -1.53. The van der Waals surface area contributed by atoms with Gasteiger partial charge in [0.15, 0.2) is 0 Å². The second-order valence-corrected chi connectivity index (χ2v) is 11.6. The molecule has 0 heterocycles. The number of aryl methyl sites for hydroxylation is 1. The van der Waals surface area contributed by atoms with Crippen molar-refractivity contribution in [2.75, 3.05) is 6.54 Å². The van der Waals surface area contributed by atoms with Crippen molar-refractivity contribution in [3.05, 3.63) is 70.8 Å². The van der Waals surface area contributed by atoms with Gasteiger partial charge in [-0.3, -0.25) is 4.90 Å². The van der Waals surface area contributed by atoms with Crippen LogP contribution in [0, 0.1) is 11.3 Å². The number of nitrogens with zero attached hydrogens (tertiary/aromatic N) is 2. The maximum absolute atomic E-state index is 7.32. The lowest BCUT2D eigenvalue weighted by molar-refractivity contribution is 0.143. The van der Waals surface area contributed by atoms with Gasteiger partial charge in [0.2, 0.25) is 0 Å². The quantitative estimate of drug-likeness (QED) is 0.291. The van der Waals surface area contributed by atoms with Gasteiger partial charge in [0.1, 0.15) is 0 Å². The first kappa shape index (κ1) is 27.1. The van der Waals surface area contributed by atoms with Crippen LogP contribution in [0.25, 0.3) is 0 Å². The number of nitriles is 1. The number of halogens is 2. The summed E-state index contributed by atoms with van der Waals surface area (Å²) in [5, 5.41) is 7.32. The topological polar surface area (TPSA) is 27.0 Å². The fourth-order valence-electron chi connectivity index (χ4n) is 4.97. The molecule has 0 bridgehead atoms. The fourth-order valence-corrected chi connectivity index (χ4v) is 5.48. The molecule has 0 amide bonds. The molecular weight excluding hydrogens is 459 g/mol. The van der Waals surface area contributed by atoms with Gasteiger partial charge in [-0.2, -0.15) is 5.26 Å². The smallest absolute Gasteiger partial charge is 0.0699 e. The molecule has 0 aromatic heterocycles. The zero-order valence-electron chi connectivity index (χ0n) is 21.3. The minimum atomic E-state index is -0.153. The van der Waals surface area contributed by atoms with Crippen molar-refractivity contribution in [2.24, 2.45) is 0 Å². The predicted octanol–water partition coefficient (Wildman–Crippen LogP) is 8.34. The highest BCUT2D eigenvalue weighted by Gasteiger charge is 2.50. The molecule has 0 spiro atoms. The van der Waals surface area contributed by atoms with Crippen LogP contribution in [0.2, 0.25) is 0 Å². The molecule has 1 atom stereocenters. The number of rotatable bonds is 11. The Labute approximate surface area is 217 Å². The third-order valence-electron chi connectivity index (χ3n) is 7.30. The van der Waals surface area contributed by atoms with Crippen molar-refractivity contribution < 1.29 is 0 Å². The van der Waals surface area contributed by atoms with E-state index in [2.05, 4.69) is 74.2 Å². The predicted molar refractivity (Wildman–Crippen MR) is 146 cm³/mol. The second kappa shape index (κ2) is 11.9. The average Bonchev–Trinajstić information content (AvgIpc) is 3.76. The molecule has 2 aliphatic rings. The van der Waals surface area contributed by atoms with Crippen LogP contribution in [0.15, 0.2) is 48.5 Å². The van der Waals surface area contributed by atoms with Gasteiger partial charge in [-0.1, -0.05) is 55.5 Å². The van der Waals surface area contributed by atoms with Crippen LogP contribution in [0.1, 0.15) is 88.5 Å². The Bertz CT molecular complexity index is 956. The number of hydrogen-bond acceptors (Lipinski definition) is 2. The second-order valence-electron chi connectivity index (χ2n) is 10.2. The van der Waals surface area contributed by atoms with Gasteiger partial charge in [-0.25, -0.2) is 0 Å². The average molecular weight is 500 g/mol. The number of benzene rings is 2. The molecule has 184 valence electrons. The van der Waals surface area contributed by atoms with E-state index in [-0.39, 0.29) is 9.75 Å². The van der Waals surface area contributed by atoms with E-state index in [1.54, 1.807) is 6.07 Å². The number of alkyl halides is 2. The van der Waals surface area contributed by atoms with Gasteiger partial charge in [-0.05, 0) is 87.5 Å². The molecule has 0 N–H and O–H groups in total. The fraction of sp³-hybridized carbons (Fsp3) is 0.567. The third kappa shape index (κ3) is 7.00. The summed E-state index contributed by atoms with van der Waals surface area (Å²) in [5.41, 5.74) is 5.45. The van der Waals surface area contributed by atoms with Gasteiger partial charge >= 0.3 is 0 Å². The van der Waals surface area contributed by atoms with Crippen molar-refractivity contribution in [3.63, 3.8) is 0 Å². The van der Waals surface area contributed by atoms with E-state index in [0.29, 0.717) is 12.1 Å². The van der Waals surface area contributed by atoms with E-state index >= 15 is 0 Å². The van der Waals surface area contributed by atoms with E-state index in [9.17, 15) is 0 Å². The van der Waals surface area contributed by atoms with E-state index in [1.165, 1.54) is 42.0 Å². The van der Waals surface area contributed by atoms with Gasteiger partial charge < -0.3 is 0 Å². The van der Waals surface area contributed by atoms with Crippen LogP contribution >= 0.6 is 23.2 Å². The summed E-state index contributed by atoms with van der Waals surface area (Å²) in [7, 11) is 0. The molecule has 2 fully saturated rings. The lowest BCUT2D eigenvalue weighted by Crippen LogP contribution is -2.41. The van der Waals surface area contributed by atoms with E-state index in [0.717, 1.165) is 45.1 Å². The summed E-state index contributed by atoms with van der Waals surface area (Å²) in [6, 6.07) is 20.7. The standard InChI is InChI=1S/C28H37Cl2N.C2H3N/c1-4-24(31(21(2)3)19-14-22-8-6-5-7-9-22)12-10-23-11-13-25(27(29)15-16-27)26(20-23)28(30)17-18-28;1-2-3/h5-9,11,13,20-21,24H,4,10,12,14-19H2,1-3H3;1H3. The maximum Gasteiger partial charge on any atom is 0.0699 e. The van der Waals surface area contributed by atoms with Crippen molar-refractivity contribution in [2.45, 2.75) is 101 Å². The summed E-state index contributed by atoms with van der Waals surface area (Å²) in [5.74, 6) is 0. The highest BCUT2D eigenvalue weighted by molar-refractivity contribution is 6.28. The largest absolute Gasteiger partial charge is 0.298 e. The maximum atomic E-state index is 7.32. The van der Waals surface area contributed by atoms with Crippen LogP contribution in [-0.2, 0) is 22.6 Å². The van der Waals surface area contributed by atoms with Crippen LogP contribution in [0.4, 0.5) is 0 Å². The van der Waals surface area contributed by atoms with E-state index in [4.69, 9.17) is 28.5 Å². The molecule has 2 aromatic rings. The Morgan fingerprint density at radius 1 is 0.912 bits per heavy atom. The number of hydrogen-bond donors (Lipinski definition) is 0. The molecular formula is C30H40Cl2N2. The highest BCUT2D eigenvalue weighted by Crippen LogP contribution is 2.60. The molecule has 0 aliphatic heterocycles. The van der Waals surface area contributed by atoms with Gasteiger partial charge in [0, 0.05) is 25.6 Å². The van der Waals surface area contributed by atoms with Crippen LogP contribution < -0.4 is 0 Å². The Kier molecular flexibility index (Phi) is 9.50.